The molecule has 0 aromatic heterocycles. The van der Waals surface area contributed by atoms with Crippen LogP contribution in [0.3, 0.4) is 0 Å². The van der Waals surface area contributed by atoms with Crippen molar-refractivity contribution in [1.29, 1.82) is 0 Å². The van der Waals surface area contributed by atoms with Gasteiger partial charge in [0.1, 0.15) is 0 Å². The molecule has 0 amide bonds. The summed E-state index contributed by atoms with van der Waals surface area (Å²) in [6.07, 6.45) is 0. The van der Waals surface area contributed by atoms with Crippen molar-refractivity contribution < 1.29 is 30.0 Å². The van der Waals surface area contributed by atoms with E-state index in [4.69, 9.17) is 15.3 Å². The molecular formula is C9H19NO6. The first-order valence-corrected chi connectivity index (χ1v) is 4.76. The first-order valence-electron chi connectivity index (χ1n) is 4.76. The largest absolute Gasteiger partial charge is 0.467 e. The predicted molar refractivity (Wildman–Crippen MR) is 54.6 cm³/mol. The zero-order valence-electron chi connectivity index (χ0n) is 9.43. The van der Waals surface area contributed by atoms with Gasteiger partial charge in [-0.3, -0.25) is 0 Å². The molecule has 0 radical (unpaired) electrons. The van der Waals surface area contributed by atoms with Crippen LogP contribution in [0.25, 0.3) is 0 Å². The van der Waals surface area contributed by atoms with Crippen LogP contribution in [0.5, 0.6) is 0 Å². The van der Waals surface area contributed by atoms with Crippen LogP contribution in [0, 0.1) is 0 Å². The van der Waals surface area contributed by atoms with Gasteiger partial charge in [0.15, 0.2) is 5.60 Å². The minimum absolute atomic E-state index is 0.263. The standard InChI is InChI=1S/C9H19NO6/c1-8(15,7(14)16-2)3-10-9(4-11,5-12)6-13/h10-13,15H,3-6H2,1-2H3. The second kappa shape index (κ2) is 6.12. The first kappa shape index (κ1) is 15.3. The van der Waals surface area contributed by atoms with Gasteiger partial charge in [0.2, 0.25) is 0 Å². The number of aliphatic hydroxyl groups is 4. The van der Waals surface area contributed by atoms with Crippen molar-refractivity contribution in [2.24, 2.45) is 0 Å². The van der Waals surface area contributed by atoms with Crippen LogP contribution in [0.4, 0.5) is 0 Å². The molecule has 7 nitrogen and oxygen atoms in total. The molecule has 16 heavy (non-hydrogen) atoms. The topological polar surface area (TPSA) is 119 Å². The van der Waals surface area contributed by atoms with E-state index in [1.54, 1.807) is 0 Å². The molecule has 0 fully saturated rings. The van der Waals surface area contributed by atoms with Crippen molar-refractivity contribution in [3.8, 4) is 0 Å². The third-order valence-electron chi connectivity index (χ3n) is 2.34. The number of methoxy groups -OCH3 is 1. The number of rotatable bonds is 7. The number of nitrogens with one attached hydrogen (secondary N) is 1. The molecule has 0 rings (SSSR count). The van der Waals surface area contributed by atoms with E-state index in [2.05, 4.69) is 10.1 Å². The van der Waals surface area contributed by atoms with E-state index >= 15 is 0 Å². The van der Waals surface area contributed by atoms with Crippen LogP contribution < -0.4 is 5.32 Å². The smallest absolute Gasteiger partial charge is 0.338 e. The second-order valence-electron chi connectivity index (χ2n) is 3.87. The minimum Gasteiger partial charge on any atom is -0.467 e. The van der Waals surface area contributed by atoms with Crippen LogP contribution in [0.2, 0.25) is 0 Å². The quantitative estimate of drug-likeness (QED) is 0.304. The van der Waals surface area contributed by atoms with Crippen LogP contribution in [0.1, 0.15) is 6.92 Å². The number of carbonyl (C=O) groups excluding carboxylic acids is 1. The van der Waals surface area contributed by atoms with Gasteiger partial charge in [-0.05, 0) is 6.92 Å². The lowest BCUT2D eigenvalue weighted by molar-refractivity contribution is -0.160. The average molecular weight is 237 g/mol. The zero-order chi connectivity index (χ0) is 12.8. The fourth-order valence-corrected chi connectivity index (χ4v) is 0.969. The van der Waals surface area contributed by atoms with Crippen LogP contribution >= 0.6 is 0 Å². The van der Waals surface area contributed by atoms with Crippen molar-refractivity contribution in [3.05, 3.63) is 0 Å². The van der Waals surface area contributed by atoms with Gasteiger partial charge in [0.05, 0.1) is 32.5 Å². The van der Waals surface area contributed by atoms with Crippen molar-refractivity contribution >= 4 is 5.97 Å². The summed E-state index contributed by atoms with van der Waals surface area (Å²) in [6.45, 7) is -0.629. The van der Waals surface area contributed by atoms with Gasteiger partial charge < -0.3 is 30.5 Å². The van der Waals surface area contributed by atoms with Crippen molar-refractivity contribution in [1.82, 2.24) is 5.32 Å². The van der Waals surface area contributed by atoms with Crippen molar-refractivity contribution in [2.75, 3.05) is 33.5 Å². The Hall–Kier alpha value is -0.730. The summed E-state index contributed by atoms with van der Waals surface area (Å²) >= 11 is 0. The second-order valence-corrected chi connectivity index (χ2v) is 3.87. The molecule has 96 valence electrons. The van der Waals surface area contributed by atoms with E-state index in [-0.39, 0.29) is 6.54 Å². The number of β-amino-alcohol motifs (C(OH)–C–C–N with tert-alkyl or cyclic N) is 1. The lowest BCUT2D eigenvalue weighted by atomic mass is 10.0. The van der Waals surface area contributed by atoms with E-state index in [9.17, 15) is 9.90 Å². The molecule has 0 heterocycles. The summed E-state index contributed by atoms with van der Waals surface area (Å²) in [5.74, 6) is -0.845. The number of hydrogen-bond donors (Lipinski definition) is 5. The molecule has 0 bridgehead atoms. The zero-order valence-corrected chi connectivity index (χ0v) is 9.43. The highest BCUT2D eigenvalue weighted by Gasteiger charge is 2.36. The Morgan fingerprint density at radius 2 is 1.69 bits per heavy atom. The molecule has 0 aromatic rings. The Morgan fingerprint density at radius 3 is 2.00 bits per heavy atom. The van der Waals surface area contributed by atoms with E-state index in [0.717, 1.165) is 7.11 Å². The summed E-state index contributed by atoms with van der Waals surface area (Å²) in [5, 5.41) is 39.2. The van der Waals surface area contributed by atoms with E-state index in [1.807, 2.05) is 0 Å². The Morgan fingerprint density at radius 1 is 1.25 bits per heavy atom. The number of ether oxygens (including phenoxy) is 1. The summed E-state index contributed by atoms with van der Waals surface area (Å²) < 4.78 is 4.36. The third-order valence-corrected chi connectivity index (χ3v) is 2.34. The van der Waals surface area contributed by atoms with Gasteiger partial charge >= 0.3 is 5.97 Å². The summed E-state index contributed by atoms with van der Waals surface area (Å²) in [5.41, 5.74) is -3.13. The summed E-state index contributed by atoms with van der Waals surface area (Å²) in [4.78, 5) is 11.1. The molecule has 0 aliphatic heterocycles. The molecule has 0 saturated heterocycles. The molecule has 1 atom stereocenters. The fourth-order valence-electron chi connectivity index (χ4n) is 0.969. The Kier molecular flexibility index (Phi) is 5.84. The maximum atomic E-state index is 11.1. The fraction of sp³-hybridized carbons (Fsp3) is 0.889. The number of carbonyl (C=O) groups is 1. The first-order chi connectivity index (χ1) is 7.37. The maximum Gasteiger partial charge on any atom is 0.338 e. The lowest BCUT2D eigenvalue weighted by Gasteiger charge is -2.32. The van der Waals surface area contributed by atoms with Gasteiger partial charge in [-0.1, -0.05) is 0 Å². The molecule has 7 heteroatoms. The Bertz CT molecular complexity index is 218. The highest BCUT2D eigenvalue weighted by Crippen LogP contribution is 2.08. The van der Waals surface area contributed by atoms with Gasteiger partial charge in [-0.15, -0.1) is 0 Å². The normalized spacial score (nSPS) is 15.6. The SMILES string of the molecule is COC(=O)C(C)(O)CNC(CO)(CO)CO. The molecule has 0 aromatic carbocycles. The van der Waals surface area contributed by atoms with Gasteiger partial charge in [0, 0.05) is 6.54 Å². The summed E-state index contributed by atoms with van der Waals surface area (Å²) in [6, 6.07) is 0. The van der Waals surface area contributed by atoms with Crippen LogP contribution in [0.15, 0.2) is 0 Å². The van der Waals surface area contributed by atoms with E-state index in [0.29, 0.717) is 0 Å². The third kappa shape index (κ3) is 3.69. The van der Waals surface area contributed by atoms with Crippen LogP contribution in [-0.2, 0) is 9.53 Å². The summed E-state index contributed by atoms with van der Waals surface area (Å²) in [7, 11) is 1.13. The average Bonchev–Trinajstić information content (AvgIpc) is 2.30. The molecular weight excluding hydrogens is 218 g/mol. The van der Waals surface area contributed by atoms with Gasteiger partial charge in [0.25, 0.3) is 0 Å². The highest BCUT2D eigenvalue weighted by atomic mass is 16.5. The van der Waals surface area contributed by atoms with E-state index < -0.39 is 36.9 Å². The van der Waals surface area contributed by atoms with Crippen molar-refractivity contribution in [2.45, 2.75) is 18.1 Å². The number of hydrogen-bond acceptors (Lipinski definition) is 7. The maximum absolute atomic E-state index is 11.1. The Labute approximate surface area is 93.7 Å². The highest BCUT2D eigenvalue weighted by molar-refractivity contribution is 5.78. The minimum atomic E-state index is -1.79. The monoisotopic (exact) mass is 237 g/mol. The van der Waals surface area contributed by atoms with Gasteiger partial charge in [-0.25, -0.2) is 4.79 Å². The number of aliphatic hydroxyl groups excluding tert-OH is 3. The molecule has 0 aliphatic carbocycles. The van der Waals surface area contributed by atoms with E-state index in [1.165, 1.54) is 6.92 Å². The van der Waals surface area contributed by atoms with Gasteiger partial charge in [-0.2, -0.15) is 0 Å². The Balaban J connectivity index is 4.46. The molecule has 0 aliphatic rings. The molecule has 0 saturated carbocycles. The molecule has 5 N–H and O–H groups in total. The van der Waals surface area contributed by atoms with Crippen LogP contribution in [-0.4, -0.2) is 71.0 Å². The molecule has 1 unspecified atom stereocenters. The lowest BCUT2D eigenvalue weighted by Crippen LogP contribution is -2.60. The predicted octanol–water partition coefficient (Wildman–Crippen LogP) is -2.78. The van der Waals surface area contributed by atoms with Crippen molar-refractivity contribution in [3.63, 3.8) is 0 Å². The number of esters is 1. The molecule has 0 spiro atoms.